The van der Waals surface area contributed by atoms with E-state index in [9.17, 15) is 46.8 Å². The monoisotopic (exact) mass is 1530 g/mol. The number of ketones is 2. The molecule has 6 amide bonds. The number of aromatic nitrogens is 3. The highest BCUT2D eigenvalue weighted by atomic mass is 32.2. The van der Waals surface area contributed by atoms with Gasteiger partial charge < -0.3 is 67.5 Å². The van der Waals surface area contributed by atoms with Crippen LogP contribution in [0.2, 0.25) is 0 Å². The molecular formula is C80H111N19O10S. The number of carbonyl (C=O) groups excluding carboxylic acids is 8. The molecule has 0 saturated carbocycles. The fourth-order valence-electron chi connectivity index (χ4n) is 11.9. The smallest absolute Gasteiger partial charge is 0.258 e. The van der Waals surface area contributed by atoms with E-state index in [-0.39, 0.29) is 58.2 Å². The number of fused-ring (bicyclic) bond motifs is 2. The highest BCUT2D eigenvalue weighted by Crippen LogP contribution is 2.42. The molecule has 110 heavy (non-hydrogen) atoms. The molecule has 30 heteroatoms. The number of allylic oxidation sites excluding steroid dienone is 1. The summed E-state index contributed by atoms with van der Waals surface area (Å²) >= 11 is 0. The van der Waals surface area contributed by atoms with Gasteiger partial charge in [0.1, 0.15) is 5.82 Å². The van der Waals surface area contributed by atoms with Gasteiger partial charge in [0.15, 0.2) is 11.6 Å². The molecule has 1 aliphatic carbocycles. The number of anilines is 5. The van der Waals surface area contributed by atoms with E-state index in [1.807, 2.05) is 67.6 Å². The maximum atomic E-state index is 13.4. The first-order chi connectivity index (χ1) is 52.9. The van der Waals surface area contributed by atoms with Crippen LogP contribution in [0.3, 0.4) is 0 Å². The second-order valence-corrected chi connectivity index (χ2v) is 27.8. The highest BCUT2D eigenvalue weighted by molar-refractivity contribution is 7.88. The lowest BCUT2D eigenvalue weighted by atomic mass is 10.0. The lowest BCUT2D eigenvalue weighted by Gasteiger charge is -2.19. The molecular weight excluding hydrogens is 1420 g/mol. The number of rotatable bonds is 39. The van der Waals surface area contributed by atoms with Crippen LogP contribution in [0.1, 0.15) is 135 Å². The Labute approximate surface area is 647 Å². The van der Waals surface area contributed by atoms with Gasteiger partial charge in [-0.05, 0) is 176 Å². The zero-order valence-electron chi connectivity index (χ0n) is 65.7. The summed E-state index contributed by atoms with van der Waals surface area (Å²) in [5.74, 6) is -0.718. The van der Waals surface area contributed by atoms with Gasteiger partial charge >= 0.3 is 0 Å². The van der Waals surface area contributed by atoms with Crippen LogP contribution in [0.25, 0.3) is 11.3 Å². The fraction of sp³-hybridized carbons (Fsp3) is 0.438. The first kappa shape index (κ1) is 88.6. The van der Waals surface area contributed by atoms with Crippen molar-refractivity contribution >= 4 is 103 Å². The molecule has 1 atom stereocenters. The van der Waals surface area contributed by atoms with E-state index in [1.54, 1.807) is 25.2 Å². The van der Waals surface area contributed by atoms with E-state index in [4.69, 9.17) is 0 Å². The molecule has 2 aliphatic heterocycles. The van der Waals surface area contributed by atoms with E-state index in [2.05, 4.69) is 153 Å². The van der Waals surface area contributed by atoms with E-state index in [0.717, 1.165) is 139 Å². The minimum absolute atomic E-state index is 0.00561. The van der Waals surface area contributed by atoms with Crippen molar-refractivity contribution in [3.8, 4) is 0 Å². The standard InChI is InChI=1S/C41H53N9O6.C19H13NO2.C16H33N7.C4H12N2O2S/c1-6-49(7-2)20-10-18-42-38(53)30-22-31(39(54)43-19-11-21-50(8-3)9-4)24-34(23-30)45-40(55)28-12-15-32(16-13-28)47-48-37(27(5)51)41(56)44-33-17-14-29-25-36(52)46-35(29)26-33;21-15-11-14(12-7-3-1-4-8-12)16-17(15)18(20-19(16)22)13-9-5-2-6-10-13;1-6-22(7-2)12-10-17-15-19-14(5)20-16(21-15)18-11-13-23(8-3)9-4;1-5-3-4-6-9(2,7)8/h12-17,22-24,26,37H,6-11,18-21,25H2,1-5H3,(H,42,53)(H,43,54)(H,44,56)(H,45,55)(H,46,52);1-10H,11H2,(H,20,22);6-13H2,1-5H3,(H2,17,18,19,20,21);5-6H,3-4H2,1-2H3. The Kier molecular flexibility index (Phi) is 37.2. The van der Waals surface area contributed by atoms with Crippen molar-refractivity contribution in [3.63, 3.8) is 0 Å². The quantitative estimate of drug-likeness (QED) is 0.00982. The second-order valence-electron chi connectivity index (χ2n) is 26.0. The van der Waals surface area contributed by atoms with Crippen molar-refractivity contribution in [1.82, 2.24) is 60.5 Å². The zero-order chi connectivity index (χ0) is 80.1. The summed E-state index contributed by atoms with van der Waals surface area (Å²) in [4.78, 5) is 124. The number of nitrogens with zero attached hydrogens (tertiary/aromatic N) is 9. The molecule has 0 saturated heterocycles. The van der Waals surface area contributed by atoms with Crippen LogP contribution in [-0.4, -0.2) is 227 Å². The number of amides is 6. The number of carbonyl (C=O) groups is 8. The molecule has 0 bridgehead atoms. The number of benzene rings is 5. The lowest BCUT2D eigenvalue weighted by molar-refractivity contribution is -0.126. The first-order valence-corrected chi connectivity index (χ1v) is 39.7. The molecule has 3 aliphatic rings. The molecule has 5 aromatic carbocycles. The summed E-state index contributed by atoms with van der Waals surface area (Å²) in [7, 11) is -1.22. The summed E-state index contributed by atoms with van der Waals surface area (Å²) in [6.07, 6.45) is 3.22. The SMILES string of the molecule is CCN(CC)CCCNC(=O)c1cc(NC(=O)c2ccc(N=NC(C(C)=O)C(=O)Nc3ccc4c(c3)NC(=O)C4)cc2)cc(C(=O)NCCCN(CC)CC)c1.CCN(CC)CCNc1nc(C)nc(NCCN(CC)CC)n1.CNCCNS(C)(=O)=O.O=C1CC(c2ccccc2)=C2C(=O)NC(c3ccccc3)=C12. The average Bonchev–Trinajstić information content (AvgIpc) is 1.59. The molecule has 3 heterocycles. The van der Waals surface area contributed by atoms with Gasteiger partial charge in [-0.2, -0.15) is 25.2 Å². The van der Waals surface area contributed by atoms with Crippen molar-refractivity contribution in [2.45, 2.75) is 101 Å². The predicted octanol–water partition coefficient (Wildman–Crippen LogP) is 8.43. The maximum absolute atomic E-state index is 13.4. The Bertz CT molecular complexity index is 4100. The van der Waals surface area contributed by atoms with Crippen LogP contribution in [0, 0.1) is 6.92 Å². The predicted molar refractivity (Wildman–Crippen MR) is 435 cm³/mol. The van der Waals surface area contributed by atoms with Gasteiger partial charge in [0.25, 0.3) is 29.5 Å². The molecule has 9 rings (SSSR count). The molecule has 592 valence electrons. The third-order valence-corrected chi connectivity index (χ3v) is 18.9. The van der Waals surface area contributed by atoms with Crippen molar-refractivity contribution in [1.29, 1.82) is 0 Å². The van der Waals surface area contributed by atoms with Gasteiger partial charge in [0, 0.05) is 92.5 Å². The summed E-state index contributed by atoms with van der Waals surface area (Å²) in [6, 6.07) is 33.3. The van der Waals surface area contributed by atoms with E-state index >= 15 is 0 Å². The molecule has 6 aromatic rings. The minimum atomic E-state index is -2.99. The topological polar surface area (TPSA) is 367 Å². The Morgan fingerprint density at radius 3 is 1.55 bits per heavy atom. The van der Waals surface area contributed by atoms with Crippen molar-refractivity contribution < 1.29 is 46.8 Å². The van der Waals surface area contributed by atoms with Crippen molar-refractivity contribution in [2.24, 2.45) is 10.2 Å². The van der Waals surface area contributed by atoms with Crippen LogP contribution >= 0.6 is 0 Å². The Morgan fingerprint density at radius 1 is 0.536 bits per heavy atom. The number of Topliss-reactive ketones (excluding diaryl/α,β-unsaturated/α-hetero) is 2. The molecule has 1 aromatic heterocycles. The normalized spacial score (nSPS) is 13.2. The summed E-state index contributed by atoms with van der Waals surface area (Å²) in [5, 5.41) is 34.3. The van der Waals surface area contributed by atoms with Gasteiger partial charge in [0.2, 0.25) is 33.9 Å². The number of nitrogens with one attached hydrogen (secondary N) is 10. The molecule has 0 fully saturated rings. The molecule has 0 spiro atoms. The number of hydrogen-bond donors (Lipinski definition) is 10. The zero-order valence-corrected chi connectivity index (χ0v) is 66.5. The van der Waals surface area contributed by atoms with Crippen molar-refractivity contribution in [3.05, 3.63) is 172 Å². The minimum Gasteiger partial charge on any atom is -0.353 e. The Hall–Kier alpha value is -10.3. The van der Waals surface area contributed by atoms with E-state index in [0.29, 0.717) is 78.4 Å². The van der Waals surface area contributed by atoms with Crippen molar-refractivity contribution in [2.75, 3.05) is 158 Å². The van der Waals surface area contributed by atoms with E-state index < -0.39 is 33.7 Å². The Morgan fingerprint density at radius 2 is 1.05 bits per heavy atom. The number of azo groups is 1. The number of likely N-dealkylation sites (N-methyl/N-ethyl adjacent to an activating group) is 3. The van der Waals surface area contributed by atoms with Gasteiger partial charge in [-0.25, -0.2) is 13.1 Å². The first-order valence-electron chi connectivity index (χ1n) is 37.8. The summed E-state index contributed by atoms with van der Waals surface area (Å²) in [5.41, 5.74) is 7.42. The Balaban J connectivity index is 0.000000283. The van der Waals surface area contributed by atoms with Crippen LogP contribution < -0.4 is 52.6 Å². The number of aryl methyl sites for hydroxylation is 1. The third-order valence-electron chi connectivity index (χ3n) is 18.2. The van der Waals surface area contributed by atoms with Gasteiger partial charge in [-0.1, -0.05) is 122 Å². The maximum Gasteiger partial charge on any atom is 0.258 e. The average molecular weight is 1530 g/mol. The molecule has 10 N–H and O–H groups in total. The molecule has 1 unspecified atom stereocenters. The van der Waals surface area contributed by atoms with Gasteiger partial charge in [0.05, 0.1) is 35.2 Å². The fourth-order valence-corrected chi connectivity index (χ4v) is 12.4. The van der Waals surface area contributed by atoms with Gasteiger partial charge in [-0.15, -0.1) is 0 Å². The molecule has 29 nitrogen and oxygen atoms in total. The highest BCUT2D eigenvalue weighted by Gasteiger charge is 2.40. The van der Waals surface area contributed by atoms with E-state index in [1.165, 1.54) is 49.4 Å². The molecule has 0 radical (unpaired) electrons. The van der Waals surface area contributed by atoms with Crippen LogP contribution in [0.4, 0.5) is 34.6 Å². The van der Waals surface area contributed by atoms with Gasteiger partial charge in [-0.3, -0.25) is 38.4 Å². The summed E-state index contributed by atoms with van der Waals surface area (Å²) in [6.45, 7) is 35.5. The van der Waals surface area contributed by atoms with Crippen LogP contribution in [-0.2, 0) is 40.4 Å². The largest absolute Gasteiger partial charge is 0.353 e. The third kappa shape index (κ3) is 28.9. The number of sulfonamides is 1. The summed E-state index contributed by atoms with van der Waals surface area (Å²) < 4.78 is 23.1. The second kappa shape index (κ2) is 46.2. The lowest BCUT2D eigenvalue weighted by Crippen LogP contribution is -2.31. The van der Waals surface area contributed by atoms with Crippen LogP contribution in [0.5, 0.6) is 0 Å². The van der Waals surface area contributed by atoms with Crippen LogP contribution in [0.15, 0.2) is 143 Å². The number of hydrogen-bond acceptors (Lipinski definition) is 22.